The minimum absolute atomic E-state index is 0.241. The Morgan fingerprint density at radius 2 is 1.79 bits per heavy atom. The lowest BCUT2D eigenvalue weighted by atomic mass is 9.98. The highest BCUT2D eigenvalue weighted by atomic mass is 35.5. The zero-order valence-corrected chi connectivity index (χ0v) is 26.8. The lowest BCUT2D eigenvalue weighted by molar-refractivity contribution is -0.117. The molecule has 0 bridgehead atoms. The molecule has 47 heavy (non-hydrogen) atoms. The van der Waals surface area contributed by atoms with Crippen molar-refractivity contribution in [3.05, 3.63) is 119 Å². The van der Waals surface area contributed by atoms with Gasteiger partial charge in [-0.1, -0.05) is 54.1 Å². The molecule has 2 N–H and O–H groups in total. The van der Waals surface area contributed by atoms with Gasteiger partial charge < -0.3 is 10.1 Å². The molecule has 2 heterocycles. The van der Waals surface area contributed by atoms with E-state index in [1.807, 2.05) is 30.3 Å². The maximum Gasteiger partial charge on any atom is 0.411 e. The van der Waals surface area contributed by atoms with Crippen LogP contribution in [0.1, 0.15) is 28.6 Å². The second kappa shape index (κ2) is 14.7. The third kappa shape index (κ3) is 9.05. The molecule has 2 amide bonds. The molecule has 0 spiro atoms. The van der Waals surface area contributed by atoms with Crippen molar-refractivity contribution in [2.45, 2.75) is 18.2 Å². The van der Waals surface area contributed by atoms with E-state index in [1.165, 1.54) is 24.2 Å². The van der Waals surface area contributed by atoms with Crippen LogP contribution in [-0.2, 0) is 31.5 Å². The molecule has 0 aliphatic carbocycles. The molecule has 1 unspecified atom stereocenters. The van der Waals surface area contributed by atoms with Gasteiger partial charge in [0.1, 0.15) is 6.33 Å². The van der Waals surface area contributed by atoms with Crippen molar-refractivity contribution in [1.82, 2.24) is 35.7 Å². The van der Waals surface area contributed by atoms with Crippen LogP contribution in [0.3, 0.4) is 0 Å². The Balaban J connectivity index is 1.49. The van der Waals surface area contributed by atoms with E-state index in [9.17, 15) is 18.0 Å². The van der Waals surface area contributed by atoms with Crippen molar-refractivity contribution in [1.29, 1.82) is 0 Å². The summed E-state index contributed by atoms with van der Waals surface area (Å²) in [6.45, 7) is 0. The summed E-state index contributed by atoms with van der Waals surface area (Å²) in [7, 11) is -2.21. The average molecular weight is 673 g/mol. The fourth-order valence-electron chi connectivity index (χ4n) is 4.71. The summed E-state index contributed by atoms with van der Waals surface area (Å²) in [6, 6.07) is 22.5. The number of rotatable bonds is 11. The van der Waals surface area contributed by atoms with Gasteiger partial charge in [0.2, 0.25) is 5.91 Å². The van der Waals surface area contributed by atoms with Gasteiger partial charge in [-0.3, -0.25) is 10.1 Å². The van der Waals surface area contributed by atoms with E-state index in [0.29, 0.717) is 45.2 Å². The number of nitrogens with zero attached hydrogens (tertiary/aromatic N) is 6. The van der Waals surface area contributed by atoms with Crippen LogP contribution < -0.4 is 10.6 Å². The third-order valence-electron chi connectivity index (χ3n) is 6.87. The van der Waals surface area contributed by atoms with Gasteiger partial charge in [0.15, 0.2) is 9.84 Å². The van der Waals surface area contributed by atoms with Crippen LogP contribution in [0, 0.1) is 0 Å². The van der Waals surface area contributed by atoms with Crippen LogP contribution >= 0.6 is 11.6 Å². The Labute approximate surface area is 275 Å². The molecule has 2 aromatic heterocycles. The van der Waals surface area contributed by atoms with Gasteiger partial charge in [0, 0.05) is 34.2 Å². The molecular formula is C32H29ClN8O5S. The maximum atomic E-state index is 13.4. The lowest BCUT2D eigenvalue weighted by Gasteiger charge is -2.19. The fraction of sp³-hybridized carbons (Fsp3) is 0.156. The summed E-state index contributed by atoms with van der Waals surface area (Å²) in [5, 5.41) is 26.0. The largest absolute Gasteiger partial charge is 0.453 e. The predicted octanol–water partition coefficient (Wildman–Crippen LogP) is 4.61. The Kier molecular flexibility index (Phi) is 10.3. The molecule has 0 aliphatic rings. The summed E-state index contributed by atoms with van der Waals surface area (Å²) in [4.78, 5) is 25.0. The summed E-state index contributed by atoms with van der Waals surface area (Å²) in [5.74, 6) is -0.769. The minimum Gasteiger partial charge on any atom is -0.453 e. The number of hydrogen-bond acceptors (Lipinski definition) is 10. The third-order valence-corrected chi connectivity index (χ3v) is 7.90. The maximum absolute atomic E-state index is 13.4. The Bertz CT molecular complexity index is 2010. The number of halogens is 1. The zero-order chi connectivity index (χ0) is 33.4. The molecule has 0 saturated carbocycles. The van der Waals surface area contributed by atoms with Crippen molar-refractivity contribution in [3.63, 3.8) is 0 Å². The number of aromatic nitrogens is 6. The molecule has 3 aromatic carbocycles. The normalized spacial score (nSPS) is 12.1. The van der Waals surface area contributed by atoms with Crippen molar-refractivity contribution in [2.75, 3.05) is 18.7 Å². The first kappa shape index (κ1) is 32.9. The van der Waals surface area contributed by atoms with Crippen LogP contribution in [0.4, 0.5) is 10.5 Å². The fourth-order valence-corrected chi connectivity index (χ4v) is 5.60. The van der Waals surface area contributed by atoms with E-state index in [-0.39, 0.29) is 11.4 Å². The predicted molar refractivity (Wildman–Crippen MR) is 176 cm³/mol. The number of amides is 2. The number of anilines is 1. The first-order valence-electron chi connectivity index (χ1n) is 14.1. The van der Waals surface area contributed by atoms with E-state index >= 15 is 0 Å². The van der Waals surface area contributed by atoms with Crippen molar-refractivity contribution >= 4 is 45.2 Å². The smallest absolute Gasteiger partial charge is 0.411 e. The van der Waals surface area contributed by atoms with Crippen LogP contribution in [0.5, 0.6) is 0 Å². The first-order chi connectivity index (χ1) is 22.6. The highest BCUT2D eigenvalue weighted by molar-refractivity contribution is 7.89. The molecular weight excluding hydrogens is 644 g/mol. The van der Waals surface area contributed by atoms with E-state index in [1.54, 1.807) is 54.6 Å². The zero-order valence-electron chi connectivity index (χ0n) is 25.2. The molecule has 5 rings (SSSR count). The van der Waals surface area contributed by atoms with E-state index in [0.717, 1.165) is 11.8 Å². The molecule has 5 aromatic rings. The van der Waals surface area contributed by atoms with Gasteiger partial charge in [0.25, 0.3) is 0 Å². The number of benzene rings is 3. The second-order valence-corrected chi connectivity index (χ2v) is 13.0. The van der Waals surface area contributed by atoms with Crippen molar-refractivity contribution in [2.24, 2.45) is 0 Å². The quantitative estimate of drug-likeness (QED) is 0.189. The van der Waals surface area contributed by atoms with Crippen LogP contribution in [0.2, 0.25) is 5.02 Å². The number of carbonyl (C=O) groups is 2. The number of ether oxygens (including phenoxy) is 1. The number of methoxy groups -OCH3 is 1. The molecule has 13 nitrogen and oxygen atoms in total. The first-order valence-corrected chi connectivity index (χ1v) is 16.6. The Morgan fingerprint density at radius 1 is 1.02 bits per heavy atom. The topological polar surface area (TPSA) is 171 Å². The molecule has 1 atom stereocenters. The van der Waals surface area contributed by atoms with Gasteiger partial charge >= 0.3 is 6.09 Å². The van der Waals surface area contributed by atoms with Crippen LogP contribution in [0.15, 0.2) is 91.3 Å². The van der Waals surface area contributed by atoms with Crippen molar-refractivity contribution < 1.29 is 22.7 Å². The van der Waals surface area contributed by atoms with E-state index in [2.05, 4.69) is 41.1 Å². The number of carbonyl (C=O) groups excluding carboxylic acids is 2. The van der Waals surface area contributed by atoms with Gasteiger partial charge in [-0.05, 0) is 70.4 Å². The molecule has 0 fully saturated rings. The molecule has 0 aliphatic heterocycles. The van der Waals surface area contributed by atoms with Gasteiger partial charge in [-0.25, -0.2) is 13.2 Å². The number of sulfone groups is 1. The van der Waals surface area contributed by atoms with Gasteiger partial charge in [-0.2, -0.15) is 14.9 Å². The SMILES string of the molecule is COC(=O)Nc1ccc(-c2cc(C(Cc3ccccc3)NC(=O)C=Cc3cc(Cl)ccc3-n3cnnn3)nnc2CS(C)(=O)=O)cc1. The summed E-state index contributed by atoms with van der Waals surface area (Å²) < 4.78 is 30.7. The highest BCUT2D eigenvalue weighted by Crippen LogP contribution is 2.29. The summed E-state index contributed by atoms with van der Waals surface area (Å²) in [5.41, 5.74) is 4.44. The Hall–Kier alpha value is -5.47. The molecule has 15 heteroatoms. The van der Waals surface area contributed by atoms with Crippen LogP contribution in [0.25, 0.3) is 22.9 Å². The van der Waals surface area contributed by atoms with Crippen molar-refractivity contribution in [3.8, 4) is 16.8 Å². The number of nitrogens with one attached hydrogen (secondary N) is 2. The minimum atomic E-state index is -3.47. The Morgan fingerprint density at radius 3 is 2.47 bits per heavy atom. The van der Waals surface area contributed by atoms with Gasteiger partial charge in [0.05, 0.1) is 36.0 Å². The summed E-state index contributed by atoms with van der Waals surface area (Å²) in [6.07, 6.45) is 5.27. The standard InChI is InChI=1S/C32H29ClN8O5S/c1-46-32(43)35-25-12-8-22(9-13-25)26-18-28(37-38-29(26)19-47(2,44)45)27(16-21-6-4-3-5-7-21)36-31(42)15-10-23-17-24(33)11-14-30(23)41-20-34-39-40-41/h3-15,17-18,20,27H,16,19H2,1-2H3,(H,35,43)(H,36,42). The van der Waals surface area contributed by atoms with Gasteiger partial charge in [-0.15, -0.1) is 5.10 Å². The van der Waals surface area contributed by atoms with E-state index < -0.39 is 27.9 Å². The highest BCUT2D eigenvalue weighted by Gasteiger charge is 2.21. The molecule has 0 radical (unpaired) electrons. The van der Waals surface area contributed by atoms with E-state index in [4.69, 9.17) is 11.6 Å². The average Bonchev–Trinajstić information content (AvgIpc) is 3.59. The molecule has 240 valence electrons. The lowest BCUT2D eigenvalue weighted by Crippen LogP contribution is -2.29. The van der Waals surface area contributed by atoms with Crippen LogP contribution in [-0.4, -0.2) is 64.2 Å². The second-order valence-electron chi connectivity index (χ2n) is 10.4. The number of hydrogen-bond donors (Lipinski definition) is 2. The summed E-state index contributed by atoms with van der Waals surface area (Å²) >= 11 is 6.23. The molecule has 0 saturated heterocycles. The monoisotopic (exact) mass is 672 g/mol. The number of tetrazole rings is 1.